The molecule has 1 amide bonds. The van der Waals surface area contributed by atoms with Crippen LogP contribution in [0.1, 0.15) is 4.88 Å². The van der Waals surface area contributed by atoms with E-state index in [9.17, 15) is 4.79 Å². The van der Waals surface area contributed by atoms with Crippen molar-refractivity contribution in [3.63, 3.8) is 0 Å². The standard InChI is InChI=1S/C15H25N3O2S/c1-16(2)9-13-10-18(6-7-20-13)12-15(19)17(3)11-14-5-4-8-21-14/h4-5,8,13H,6-7,9-12H2,1-3H3/t13-/m1/s1. The van der Waals surface area contributed by atoms with Gasteiger partial charge in [-0.3, -0.25) is 9.69 Å². The number of hydrogen-bond acceptors (Lipinski definition) is 5. The molecule has 118 valence electrons. The van der Waals surface area contributed by atoms with E-state index >= 15 is 0 Å². The fourth-order valence-electron chi connectivity index (χ4n) is 2.48. The zero-order chi connectivity index (χ0) is 15.2. The van der Waals surface area contributed by atoms with Gasteiger partial charge in [0.15, 0.2) is 0 Å². The lowest BCUT2D eigenvalue weighted by Gasteiger charge is -2.34. The average Bonchev–Trinajstić information content (AvgIpc) is 2.91. The Labute approximate surface area is 131 Å². The normalized spacial score (nSPS) is 19.9. The summed E-state index contributed by atoms with van der Waals surface area (Å²) in [6.45, 7) is 4.45. The molecule has 0 spiro atoms. The molecule has 0 radical (unpaired) electrons. The Kier molecular flexibility index (Phi) is 6.17. The number of carbonyl (C=O) groups is 1. The highest BCUT2D eigenvalue weighted by Crippen LogP contribution is 2.12. The van der Waals surface area contributed by atoms with Gasteiger partial charge in [-0.05, 0) is 25.5 Å². The van der Waals surface area contributed by atoms with Crippen molar-refractivity contribution in [2.24, 2.45) is 0 Å². The minimum absolute atomic E-state index is 0.175. The summed E-state index contributed by atoms with van der Waals surface area (Å²) in [4.78, 5) is 19.7. The van der Waals surface area contributed by atoms with Crippen molar-refractivity contribution in [3.05, 3.63) is 22.4 Å². The third-order valence-electron chi connectivity index (χ3n) is 3.55. The van der Waals surface area contributed by atoms with Crippen molar-refractivity contribution >= 4 is 17.2 Å². The van der Waals surface area contributed by atoms with E-state index in [1.807, 2.05) is 37.5 Å². The van der Waals surface area contributed by atoms with Crippen molar-refractivity contribution < 1.29 is 9.53 Å². The third-order valence-corrected chi connectivity index (χ3v) is 4.41. The van der Waals surface area contributed by atoms with Crippen LogP contribution in [0.4, 0.5) is 0 Å². The van der Waals surface area contributed by atoms with Crippen LogP contribution >= 0.6 is 11.3 Å². The highest BCUT2D eigenvalue weighted by molar-refractivity contribution is 7.09. The summed E-state index contributed by atoms with van der Waals surface area (Å²) in [6.07, 6.45) is 0.198. The topological polar surface area (TPSA) is 36.0 Å². The molecule has 1 aromatic heterocycles. The van der Waals surface area contributed by atoms with E-state index in [2.05, 4.69) is 15.9 Å². The molecule has 21 heavy (non-hydrogen) atoms. The third kappa shape index (κ3) is 5.39. The van der Waals surface area contributed by atoms with Crippen molar-refractivity contribution in [1.82, 2.24) is 14.7 Å². The van der Waals surface area contributed by atoms with E-state index in [1.165, 1.54) is 4.88 Å². The fraction of sp³-hybridized carbons (Fsp3) is 0.667. The zero-order valence-electron chi connectivity index (χ0n) is 13.1. The van der Waals surface area contributed by atoms with Crippen molar-refractivity contribution in [2.75, 3.05) is 53.9 Å². The minimum atomic E-state index is 0.175. The van der Waals surface area contributed by atoms with E-state index in [4.69, 9.17) is 4.74 Å². The van der Waals surface area contributed by atoms with Crippen LogP contribution in [0.15, 0.2) is 17.5 Å². The highest BCUT2D eigenvalue weighted by atomic mass is 32.1. The molecule has 1 saturated heterocycles. The lowest BCUT2D eigenvalue weighted by Crippen LogP contribution is -2.49. The molecule has 6 heteroatoms. The van der Waals surface area contributed by atoms with Gasteiger partial charge < -0.3 is 14.5 Å². The maximum absolute atomic E-state index is 12.3. The molecular weight excluding hydrogens is 286 g/mol. The summed E-state index contributed by atoms with van der Waals surface area (Å²) in [5, 5.41) is 2.04. The van der Waals surface area contributed by atoms with Gasteiger partial charge in [0.2, 0.25) is 5.91 Å². The summed E-state index contributed by atoms with van der Waals surface area (Å²) < 4.78 is 5.74. The van der Waals surface area contributed by atoms with E-state index < -0.39 is 0 Å². The van der Waals surface area contributed by atoms with Crippen molar-refractivity contribution in [2.45, 2.75) is 12.6 Å². The predicted molar refractivity (Wildman–Crippen MR) is 85.5 cm³/mol. The van der Waals surface area contributed by atoms with Gasteiger partial charge in [0.05, 0.1) is 25.8 Å². The highest BCUT2D eigenvalue weighted by Gasteiger charge is 2.23. The zero-order valence-corrected chi connectivity index (χ0v) is 13.9. The predicted octanol–water partition coefficient (Wildman–Crippen LogP) is 0.969. The molecule has 1 atom stereocenters. The van der Waals surface area contributed by atoms with Crippen LogP contribution in [-0.4, -0.2) is 80.6 Å². The molecule has 0 N–H and O–H groups in total. The molecule has 2 rings (SSSR count). The molecule has 5 nitrogen and oxygen atoms in total. The summed E-state index contributed by atoms with van der Waals surface area (Å²) in [7, 11) is 5.96. The molecule has 1 aliphatic heterocycles. The van der Waals surface area contributed by atoms with Gasteiger partial charge in [0, 0.05) is 31.6 Å². The van der Waals surface area contributed by atoms with Crippen LogP contribution < -0.4 is 0 Å². The quantitative estimate of drug-likeness (QED) is 0.784. The van der Waals surface area contributed by atoms with Gasteiger partial charge in [-0.1, -0.05) is 6.07 Å². The Morgan fingerprint density at radius 2 is 2.29 bits per heavy atom. The van der Waals surface area contributed by atoms with Gasteiger partial charge in [-0.25, -0.2) is 0 Å². The van der Waals surface area contributed by atoms with Crippen LogP contribution in [0, 0.1) is 0 Å². The smallest absolute Gasteiger partial charge is 0.236 e. The second kappa shape index (κ2) is 7.89. The molecule has 0 aliphatic carbocycles. The molecule has 0 saturated carbocycles. The largest absolute Gasteiger partial charge is 0.374 e. The number of carbonyl (C=O) groups excluding carboxylic acids is 1. The summed E-state index contributed by atoms with van der Waals surface area (Å²) in [5.41, 5.74) is 0. The average molecular weight is 311 g/mol. The Morgan fingerprint density at radius 3 is 2.95 bits per heavy atom. The number of morpholine rings is 1. The molecule has 2 heterocycles. The number of hydrogen-bond donors (Lipinski definition) is 0. The van der Waals surface area contributed by atoms with Gasteiger partial charge >= 0.3 is 0 Å². The van der Waals surface area contributed by atoms with Crippen molar-refractivity contribution in [3.8, 4) is 0 Å². The second-order valence-electron chi connectivity index (χ2n) is 5.82. The van der Waals surface area contributed by atoms with Gasteiger partial charge in [0.25, 0.3) is 0 Å². The van der Waals surface area contributed by atoms with Crippen LogP contribution in [0.25, 0.3) is 0 Å². The first-order valence-electron chi connectivity index (χ1n) is 7.29. The van der Waals surface area contributed by atoms with Crippen LogP contribution in [-0.2, 0) is 16.1 Å². The summed E-state index contributed by atoms with van der Waals surface area (Å²) in [5.74, 6) is 0.175. The lowest BCUT2D eigenvalue weighted by molar-refractivity contribution is -0.133. The summed E-state index contributed by atoms with van der Waals surface area (Å²) >= 11 is 1.69. The first kappa shape index (κ1) is 16.4. The number of amides is 1. The number of ether oxygens (including phenoxy) is 1. The first-order chi connectivity index (χ1) is 10.0. The molecule has 0 bridgehead atoms. The Bertz CT molecular complexity index is 436. The molecule has 1 aromatic rings. The minimum Gasteiger partial charge on any atom is -0.374 e. The SMILES string of the molecule is CN(C)C[C@@H]1CN(CC(=O)N(C)Cc2cccs2)CCO1. The van der Waals surface area contributed by atoms with Crippen LogP contribution in [0.5, 0.6) is 0 Å². The lowest BCUT2D eigenvalue weighted by atomic mass is 10.2. The van der Waals surface area contributed by atoms with E-state index in [-0.39, 0.29) is 12.0 Å². The number of thiophene rings is 1. The van der Waals surface area contributed by atoms with Crippen LogP contribution in [0.2, 0.25) is 0 Å². The Hall–Kier alpha value is -0.950. The first-order valence-corrected chi connectivity index (χ1v) is 8.17. The second-order valence-corrected chi connectivity index (χ2v) is 6.85. The maximum atomic E-state index is 12.3. The molecular formula is C15H25N3O2S. The molecule has 0 aromatic carbocycles. The van der Waals surface area contributed by atoms with E-state index in [0.29, 0.717) is 19.7 Å². The number of rotatable bonds is 6. The van der Waals surface area contributed by atoms with E-state index in [0.717, 1.165) is 19.6 Å². The van der Waals surface area contributed by atoms with Gasteiger partial charge in [0.1, 0.15) is 0 Å². The fourth-order valence-corrected chi connectivity index (χ4v) is 3.24. The molecule has 1 aliphatic rings. The molecule has 1 fully saturated rings. The van der Waals surface area contributed by atoms with Gasteiger partial charge in [-0.15, -0.1) is 11.3 Å². The summed E-state index contributed by atoms with van der Waals surface area (Å²) in [6, 6.07) is 4.09. The maximum Gasteiger partial charge on any atom is 0.236 e. The number of nitrogens with zero attached hydrogens (tertiary/aromatic N) is 3. The Morgan fingerprint density at radius 1 is 1.48 bits per heavy atom. The molecule has 0 unspecified atom stereocenters. The van der Waals surface area contributed by atoms with Crippen LogP contribution in [0.3, 0.4) is 0 Å². The van der Waals surface area contributed by atoms with Crippen molar-refractivity contribution in [1.29, 1.82) is 0 Å². The van der Waals surface area contributed by atoms with Gasteiger partial charge in [-0.2, -0.15) is 0 Å². The number of likely N-dealkylation sites (N-methyl/N-ethyl adjacent to an activating group) is 2. The van der Waals surface area contributed by atoms with E-state index in [1.54, 1.807) is 11.3 Å². The Balaban J connectivity index is 1.78. The monoisotopic (exact) mass is 311 g/mol.